The Bertz CT molecular complexity index is 833. The van der Waals surface area contributed by atoms with E-state index in [0.717, 1.165) is 11.1 Å². The number of nitrogens with two attached hydrogens (primary N) is 1. The molecule has 0 bridgehead atoms. The Morgan fingerprint density at radius 1 is 0.957 bits per heavy atom. The van der Waals surface area contributed by atoms with Crippen LogP contribution in [-0.4, -0.2) is 10.9 Å². The van der Waals surface area contributed by atoms with Gasteiger partial charge in [0.25, 0.3) is 5.91 Å². The van der Waals surface area contributed by atoms with Gasteiger partial charge in [0, 0.05) is 18.1 Å². The van der Waals surface area contributed by atoms with Gasteiger partial charge in [-0.1, -0.05) is 18.2 Å². The molecule has 0 spiro atoms. The van der Waals surface area contributed by atoms with Crippen LogP contribution in [0, 0.1) is 5.82 Å². The van der Waals surface area contributed by atoms with Crippen LogP contribution in [0.4, 0.5) is 15.8 Å². The predicted octanol–water partition coefficient (Wildman–Crippen LogP) is 3.72. The van der Waals surface area contributed by atoms with Gasteiger partial charge in [-0.25, -0.2) is 4.39 Å². The average Bonchev–Trinajstić information content (AvgIpc) is 2.59. The fraction of sp³-hybridized carbons (Fsp3) is 0. The fourth-order valence-electron chi connectivity index (χ4n) is 2.22. The molecule has 3 N–H and O–H groups in total. The number of amides is 1. The third-order valence-electron chi connectivity index (χ3n) is 3.45. The van der Waals surface area contributed by atoms with Gasteiger partial charge >= 0.3 is 0 Å². The van der Waals surface area contributed by atoms with Gasteiger partial charge < -0.3 is 11.1 Å². The van der Waals surface area contributed by atoms with E-state index in [0.29, 0.717) is 5.69 Å². The fourth-order valence-corrected chi connectivity index (χ4v) is 2.22. The minimum atomic E-state index is -0.606. The topological polar surface area (TPSA) is 68.0 Å². The lowest BCUT2D eigenvalue weighted by Gasteiger charge is -2.09. The van der Waals surface area contributed by atoms with Crippen molar-refractivity contribution >= 4 is 17.3 Å². The first kappa shape index (κ1) is 14.7. The van der Waals surface area contributed by atoms with Crippen LogP contribution >= 0.6 is 0 Å². The van der Waals surface area contributed by atoms with Crippen molar-refractivity contribution in [2.45, 2.75) is 0 Å². The Balaban J connectivity index is 1.78. The second kappa shape index (κ2) is 6.27. The van der Waals surface area contributed by atoms with Crippen molar-refractivity contribution in [1.29, 1.82) is 0 Å². The van der Waals surface area contributed by atoms with Crippen molar-refractivity contribution in [2.75, 3.05) is 11.1 Å². The molecule has 23 heavy (non-hydrogen) atoms. The molecule has 0 atom stereocenters. The molecule has 0 aliphatic carbocycles. The highest BCUT2D eigenvalue weighted by atomic mass is 19.1. The zero-order valence-corrected chi connectivity index (χ0v) is 12.2. The molecule has 2 aromatic carbocycles. The van der Waals surface area contributed by atoms with Crippen LogP contribution in [0.3, 0.4) is 0 Å². The Hall–Kier alpha value is -3.21. The van der Waals surface area contributed by atoms with Gasteiger partial charge in [0.15, 0.2) is 0 Å². The number of aromatic nitrogens is 1. The molecule has 114 valence electrons. The smallest absolute Gasteiger partial charge is 0.257 e. The van der Waals surface area contributed by atoms with Crippen LogP contribution in [0.2, 0.25) is 0 Å². The van der Waals surface area contributed by atoms with Crippen LogP contribution in [0.1, 0.15) is 10.4 Å². The van der Waals surface area contributed by atoms with E-state index in [1.807, 2.05) is 24.3 Å². The minimum absolute atomic E-state index is 0.114. The molecule has 1 amide bonds. The lowest BCUT2D eigenvalue weighted by molar-refractivity contribution is 0.102. The van der Waals surface area contributed by atoms with Crippen LogP contribution in [0.25, 0.3) is 11.1 Å². The SMILES string of the molecule is Nc1c(F)cccc1C(=O)Nc1ccc(-c2ccncc2)cc1. The summed E-state index contributed by atoms with van der Waals surface area (Å²) >= 11 is 0. The summed E-state index contributed by atoms with van der Waals surface area (Å²) in [6, 6.07) is 15.3. The second-order valence-corrected chi connectivity index (χ2v) is 4.97. The lowest BCUT2D eigenvalue weighted by atomic mass is 10.1. The van der Waals surface area contributed by atoms with Crippen LogP contribution in [0.5, 0.6) is 0 Å². The van der Waals surface area contributed by atoms with Gasteiger partial charge in [-0.3, -0.25) is 9.78 Å². The number of hydrogen-bond donors (Lipinski definition) is 2. The Labute approximate surface area is 132 Å². The molecule has 0 saturated carbocycles. The Kier molecular flexibility index (Phi) is 4.01. The molecular formula is C18H14FN3O. The Morgan fingerprint density at radius 3 is 2.30 bits per heavy atom. The van der Waals surface area contributed by atoms with Gasteiger partial charge in [-0.15, -0.1) is 0 Å². The quantitative estimate of drug-likeness (QED) is 0.725. The molecule has 3 rings (SSSR count). The molecular weight excluding hydrogens is 293 g/mol. The third-order valence-corrected chi connectivity index (χ3v) is 3.45. The number of para-hydroxylation sites is 1. The summed E-state index contributed by atoms with van der Waals surface area (Å²) in [4.78, 5) is 16.2. The van der Waals surface area contributed by atoms with Gasteiger partial charge in [-0.2, -0.15) is 0 Å². The summed E-state index contributed by atoms with van der Waals surface area (Å²) in [5.41, 5.74) is 8.21. The normalized spacial score (nSPS) is 10.3. The number of halogens is 1. The maximum atomic E-state index is 13.4. The molecule has 0 fully saturated rings. The summed E-state index contributed by atoms with van der Waals surface area (Å²) in [5, 5.41) is 2.71. The zero-order valence-electron chi connectivity index (χ0n) is 12.2. The van der Waals surface area contributed by atoms with E-state index in [-0.39, 0.29) is 11.3 Å². The lowest BCUT2D eigenvalue weighted by Crippen LogP contribution is -2.14. The van der Waals surface area contributed by atoms with Gasteiger partial charge in [0.1, 0.15) is 5.82 Å². The maximum absolute atomic E-state index is 13.4. The van der Waals surface area contributed by atoms with Gasteiger partial charge in [0.2, 0.25) is 0 Å². The monoisotopic (exact) mass is 307 g/mol. The molecule has 5 heteroatoms. The van der Waals surface area contributed by atoms with E-state index < -0.39 is 11.7 Å². The highest BCUT2D eigenvalue weighted by Gasteiger charge is 2.12. The Morgan fingerprint density at radius 2 is 1.61 bits per heavy atom. The number of carbonyl (C=O) groups excluding carboxylic acids is 1. The number of hydrogen-bond acceptors (Lipinski definition) is 3. The molecule has 3 aromatic rings. The first-order valence-electron chi connectivity index (χ1n) is 7.01. The van der Waals surface area contributed by atoms with Crippen molar-refractivity contribution in [3.8, 4) is 11.1 Å². The van der Waals surface area contributed by atoms with E-state index in [1.54, 1.807) is 24.5 Å². The number of nitrogens with one attached hydrogen (secondary N) is 1. The molecule has 1 heterocycles. The van der Waals surface area contributed by atoms with Crippen LogP contribution in [0.15, 0.2) is 67.0 Å². The second-order valence-electron chi connectivity index (χ2n) is 4.97. The largest absolute Gasteiger partial charge is 0.396 e. The number of benzene rings is 2. The molecule has 0 radical (unpaired) electrons. The highest BCUT2D eigenvalue weighted by molar-refractivity contribution is 6.07. The molecule has 0 aliphatic rings. The predicted molar refractivity (Wildman–Crippen MR) is 88.4 cm³/mol. The van der Waals surface area contributed by atoms with Crippen molar-refractivity contribution in [3.05, 3.63) is 78.4 Å². The van der Waals surface area contributed by atoms with E-state index in [1.165, 1.54) is 18.2 Å². The summed E-state index contributed by atoms with van der Waals surface area (Å²) in [7, 11) is 0. The van der Waals surface area contributed by atoms with Crippen molar-refractivity contribution in [2.24, 2.45) is 0 Å². The minimum Gasteiger partial charge on any atom is -0.396 e. The van der Waals surface area contributed by atoms with Crippen molar-refractivity contribution in [1.82, 2.24) is 4.98 Å². The van der Waals surface area contributed by atoms with Crippen molar-refractivity contribution < 1.29 is 9.18 Å². The summed E-state index contributed by atoms with van der Waals surface area (Å²) in [6.45, 7) is 0. The van der Waals surface area contributed by atoms with Gasteiger partial charge in [0.05, 0.1) is 11.3 Å². The van der Waals surface area contributed by atoms with Crippen molar-refractivity contribution in [3.63, 3.8) is 0 Å². The van der Waals surface area contributed by atoms with Crippen LogP contribution in [-0.2, 0) is 0 Å². The van der Waals surface area contributed by atoms with Crippen LogP contribution < -0.4 is 11.1 Å². The maximum Gasteiger partial charge on any atom is 0.257 e. The standard InChI is InChI=1S/C18H14FN3O/c19-16-3-1-2-15(17(16)20)18(23)22-14-6-4-12(5-7-14)13-8-10-21-11-9-13/h1-11H,20H2,(H,22,23). The third kappa shape index (κ3) is 3.18. The molecule has 0 unspecified atom stereocenters. The molecule has 4 nitrogen and oxygen atoms in total. The first-order chi connectivity index (χ1) is 11.1. The number of anilines is 2. The molecule has 0 saturated heterocycles. The number of pyridine rings is 1. The molecule has 0 aliphatic heterocycles. The number of carbonyl (C=O) groups is 1. The molecule has 1 aromatic heterocycles. The van der Waals surface area contributed by atoms with E-state index in [4.69, 9.17) is 5.73 Å². The summed E-state index contributed by atoms with van der Waals surface area (Å²) in [6.07, 6.45) is 3.44. The van der Waals surface area contributed by atoms with E-state index >= 15 is 0 Å². The number of nitrogen functional groups attached to an aromatic ring is 1. The van der Waals surface area contributed by atoms with Gasteiger partial charge in [-0.05, 0) is 47.5 Å². The average molecular weight is 307 g/mol. The van der Waals surface area contributed by atoms with E-state index in [9.17, 15) is 9.18 Å². The summed E-state index contributed by atoms with van der Waals surface area (Å²) < 4.78 is 13.4. The number of rotatable bonds is 3. The summed E-state index contributed by atoms with van der Waals surface area (Å²) in [5.74, 6) is -1.05. The van der Waals surface area contributed by atoms with E-state index in [2.05, 4.69) is 10.3 Å². The number of nitrogens with zero attached hydrogens (tertiary/aromatic N) is 1. The first-order valence-corrected chi connectivity index (χ1v) is 7.01. The zero-order chi connectivity index (χ0) is 16.2. The highest BCUT2D eigenvalue weighted by Crippen LogP contribution is 2.22.